The van der Waals surface area contributed by atoms with Gasteiger partial charge in [0.15, 0.2) is 5.13 Å². The van der Waals surface area contributed by atoms with Crippen molar-refractivity contribution in [1.29, 1.82) is 0 Å². The number of hydrogen-bond donors (Lipinski definition) is 1. The van der Waals surface area contributed by atoms with Crippen LogP contribution in [-0.2, 0) is 11.2 Å². The number of nitrogens with zero attached hydrogens (tertiary/aromatic N) is 2. The fourth-order valence-electron chi connectivity index (χ4n) is 1.98. The number of rotatable bonds is 6. The van der Waals surface area contributed by atoms with Crippen LogP contribution in [0.4, 0.5) is 10.8 Å². The lowest BCUT2D eigenvalue weighted by Crippen LogP contribution is -2.33. The van der Waals surface area contributed by atoms with Crippen LogP contribution in [0, 0.1) is 0 Å². The van der Waals surface area contributed by atoms with Crippen LogP contribution < -0.4 is 10.6 Å². The fraction of sp³-hybridized carbons (Fsp3) is 0.333. The molecule has 0 saturated heterocycles. The second kappa shape index (κ2) is 7.05. The molecule has 0 radical (unpaired) electrons. The number of nitrogen functional groups attached to an aromatic ring is 1. The van der Waals surface area contributed by atoms with Gasteiger partial charge in [-0.2, -0.15) is 0 Å². The molecule has 0 aliphatic carbocycles. The van der Waals surface area contributed by atoms with Crippen LogP contribution in [0.2, 0.25) is 0 Å². The molecule has 0 saturated carbocycles. The number of amides is 1. The van der Waals surface area contributed by atoms with E-state index in [1.165, 1.54) is 11.3 Å². The van der Waals surface area contributed by atoms with Crippen LogP contribution >= 0.6 is 11.3 Å². The summed E-state index contributed by atoms with van der Waals surface area (Å²) < 4.78 is 0. The summed E-state index contributed by atoms with van der Waals surface area (Å²) in [7, 11) is 0. The third-order valence-corrected chi connectivity index (χ3v) is 3.73. The Kier molecular flexibility index (Phi) is 5.12. The van der Waals surface area contributed by atoms with Crippen LogP contribution in [0.15, 0.2) is 35.7 Å². The maximum atomic E-state index is 12.5. The van der Waals surface area contributed by atoms with Gasteiger partial charge < -0.3 is 10.6 Å². The van der Waals surface area contributed by atoms with Crippen LogP contribution in [0.5, 0.6) is 0 Å². The van der Waals surface area contributed by atoms with Crippen molar-refractivity contribution in [3.63, 3.8) is 0 Å². The molecule has 2 N–H and O–H groups in total. The van der Waals surface area contributed by atoms with Crippen molar-refractivity contribution in [2.75, 3.05) is 17.2 Å². The number of para-hydroxylation sites is 1. The molecule has 4 nitrogen and oxygen atoms in total. The van der Waals surface area contributed by atoms with Crippen LogP contribution in [0.1, 0.15) is 25.5 Å². The topological polar surface area (TPSA) is 59.2 Å². The van der Waals surface area contributed by atoms with Crippen LogP contribution in [0.3, 0.4) is 0 Å². The molecule has 0 atom stereocenters. The van der Waals surface area contributed by atoms with E-state index in [1.807, 2.05) is 40.6 Å². The maximum absolute atomic E-state index is 12.5. The Hall–Kier alpha value is -1.88. The molecule has 2 rings (SSSR count). The molecule has 20 heavy (non-hydrogen) atoms. The minimum absolute atomic E-state index is 0.0648. The van der Waals surface area contributed by atoms with Crippen molar-refractivity contribution in [2.45, 2.75) is 26.2 Å². The zero-order valence-electron chi connectivity index (χ0n) is 11.6. The smallest absolute Gasteiger partial charge is 0.233 e. The third kappa shape index (κ3) is 3.81. The minimum Gasteiger partial charge on any atom is -0.375 e. The normalized spacial score (nSPS) is 10.4. The number of aromatic nitrogens is 1. The van der Waals surface area contributed by atoms with Gasteiger partial charge in [-0.3, -0.25) is 4.79 Å². The van der Waals surface area contributed by atoms with Gasteiger partial charge in [0.1, 0.15) is 0 Å². The Morgan fingerprint density at radius 1 is 1.35 bits per heavy atom. The van der Waals surface area contributed by atoms with Gasteiger partial charge in [0, 0.05) is 17.6 Å². The molecule has 0 aliphatic heterocycles. The first kappa shape index (κ1) is 14.5. The highest BCUT2D eigenvalue weighted by molar-refractivity contribution is 7.13. The number of unbranched alkanes of at least 4 members (excludes halogenated alkanes) is 1. The number of nitrogens with two attached hydrogens (primary N) is 1. The SMILES string of the molecule is CCCCN(C(=O)Cc1csc(N)n1)c1ccccc1. The van der Waals surface area contributed by atoms with E-state index in [2.05, 4.69) is 11.9 Å². The molecular formula is C15H19N3OS. The summed E-state index contributed by atoms with van der Waals surface area (Å²) in [6.45, 7) is 2.85. The van der Waals surface area contributed by atoms with Gasteiger partial charge in [0.2, 0.25) is 5.91 Å². The maximum Gasteiger partial charge on any atom is 0.233 e. The van der Waals surface area contributed by atoms with Gasteiger partial charge in [0.25, 0.3) is 0 Å². The lowest BCUT2D eigenvalue weighted by molar-refractivity contribution is -0.118. The Bertz CT molecular complexity index is 553. The largest absolute Gasteiger partial charge is 0.375 e. The molecule has 1 heterocycles. The molecule has 0 unspecified atom stereocenters. The second-order valence-corrected chi connectivity index (χ2v) is 5.48. The van der Waals surface area contributed by atoms with E-state index in [1.54, 1.807) is 0 Å². The molecule has 0 aliphatic rings. The summed E-state index contributed by atoms with van der Waals surface area (Å²) >= 11 is 1.37. The Labute approximate surface area is 123 Å². The zero-order valence-corrected chi connectivity index (χ0v) is 12.4. The van der Waals surface area contributed by atoms with Crippen LogP contribution in [0.25, 0.3) is 0 Å². The number of hydrogen-bond acceptors (Lipinski definition) is 4. The molecule has 2 aromatic rings. The van der Waals surface area contributed by atoms with Crippen molar-refractivity contribution in [3.8, 4) is 0 Å². The quantitative estimate of drug-likeness (QED) is 0.889. The first-order chi connectivity index (χ1) is 9.70. The van der Waals surface area contributed by atoms with Gasteiger partial charge >= 0.3 is 0 Å². The average molecular weight is 289 g/mol. The van der Waals surface area contributed by atoms with E-state index in [0.717, 1.165) is 30.8 Å². The monoisotopic (exact) mass is 289 g/mol. The molecule has 5 heteroatoms. The van der Waals surface area contributed by atoms with Gasteiger partial charge in [-0.15, -0.1) is 11.3 Å². The number of thiazole rings is 1. The van der Waals surface area contributed by atoms with Gasteiger partial charge in [-0.25, -0.2) is 4.98 Å². The minimum atomic E-state index is 0.0648. The predicted octanol–water partition coefficient (Wildman–Crippen LogP) is 3.10. The van der Waals surface area contributed by atoms with E-state index >= 15 is 0 Å². The summed E-state index contributed by atoms with van der Waals surface area (Å²) in [6, 6.07) is 9.77. The molecule has 0 spiro atoms. The van der Waals surface area contributed by atoms with Gasteiger partial charge in [-0.1, -0.05) is 31.5 Å². The Morgan fingerprint density at radius 3 is 2.70 bits per heavy atom. The summed E-state index contributed by atoms with van der Waals surface area (Å²) in [5.41, 5.74) is 7.29. The van der Waals surface area contributed by atoms with Crippen molar-refractivity contribution in [1.82, 2.24) is 4.98 Å². The predicted molar refractivity (Wildman–Crippen MR) is 83.9 cm³/mol. The highest BCUT2D eigenvalue weighted by atomic mass is 32.1. The first-order valence-corrected chi connectivity index (χ1v) is 7.64. The standard InChI is InChI=1S/C15H19N3OS/c1-2-3-9-18(13-7-5-4-6-8-13)14(19)10-12-11-20-15(16)17-12/h4-8,11H,2-3,9-10H2,1H3,(H2,16,17). The summed E-state index contributed by atoms with van der Waals surface area (Å²) in [4.78, 5) is 18.5. The highest BCUT2D eigenvalue weighted by Crippen LogP contribution is 2.17. The van der Waals surface area contributed by atoms with Crippen LogP contribution in [-0.4, -0.2) is 17.4 Å². The van der Waals surface area contributed by atoms with E-state index in [0.29, 0.717) is 11.6 Å². The molecule has 1 aromatic carbocycles. The van der Waals surface area contributed by atoms with E-state index in [4.69, 9.17) is 5.73 Å². The fourth-order valence-corrected chi connectivity index (χ4v) is 2.54. The highest BCUT2D eigenvalue weighted by Gasteiger charge is 2.16. The van der Waals surface area contributed by atoms with Crippen molar-refractivity contribution in [2.24, 2.45) is 0 Å². The van der Waals surface area contributed by atoms with Crippen molar-refractivity contribution < 1.29 is 4.79 Å². The summed E-state index contributed by atoms with van der Waals surface area (Å²) in [6.07, 6.45) is 2.34. The molecule has 0 fully saturated rings. The van der Waals surface area contributed by atoms with E-state index in [-0.39, 0.29) is 5.91 Å². The molecule has 106 valence electrons. The van der Waals surface area contributed by atoms with Gasteiger partial charge in [0.05, 0.1) is 12.1 Å². The van der Waals surface area contributed by atoms with Crippen molar-refractivity contribution >= 4 is 28.1 Å². The number of carbonyl (C=O) groups is 1. The molecular weight excluding hydrogens is 270 g/mol. The summed E-state index contributed by atoms with van der Waals surface area (Å²) in [5, 5.41) is 2.35. The third-order valence-electron chi connectivity index (χ3n) is 3.01. The van der Waals surface area contributed by atoms with E-state index in [9.17, 15) is 4.79 Å². The average Bonchev–Trinajstić information content (AvgIpc) is 2.86. The number of benzene rings is 1. The lowest BCUT2D eigenvalue weighted by Gasteiger charge is -2.22. The number of carbonyl (C=O) groups excluding carboxylic acids is 1. The van der Waals surface area contributed by atoms with E-state index < -0.39 is 0 Å². The van der Waals surface area contributed by atoms with Crippen molar-refractivity contribution in [3.05, 3.63) is 41.4 Å². The second-order valence-electron chi connectivity index (χ2n) is 4.59. The molecule has 1 aromatic heterocycles. The number of anilines is 2. The Morgan fingerprint density at radius 2 is 2.10 bits per heavy atom. The molecule has 1 amide bonds. The first-order valence-electron chi connectivity index (χ1n) is 6.76. The van der Waals surface area contributed by atoms with Gasteiger partial charge in [-0.05, 0) is 18.6 Å². The lowest BCUT2D eigenvalue weighted by atomic mass is 10.2. The Balaban J connectivity index is 2.11. The summed E-state index contributed by atoms with van der Waals surface area (Å²) in [5.74, 6) is 0.0648. The zero-order chi connectivity index (χ0) is 14.4. The molecule has 0 bridgehead atoms.